The second-order valence-corrected chi connectivity index (χ2v) is 6.70. The van der Waals surface area contributed by atoms with Crippen LogP contribution in [-0.2, 0) is 11.2 Å². The molecule has 0 fully saturated rings. The lowest BCUT2D eigenvalue weighted by molar-refractivity contribution is -0.116. The number of para-hydroxylation sites is 3. The van der Waals surface area contributed by atoms with E-state index in [1.165, 1.54) is 0 Å². The van der Waals surface area contributed by atoms with Crippen molar-refractivity contribution in [2.45, 2.75) is 12.8 Å². The fourth-order valence-electron chi connectivity index (χ4n) is 2.92. The summed E-state index contributed by atoms with van der Waals surface area (Å²) in [5.74, 6) is 2.71. The molecule has 0 radical (unpaired) electrons. The maximum Gasteiger partial charge on any atom is 0.227 e. The Morgan fingerprint density at radius 3 is 2.45 bits per heavy atom. The molecule has 0 aliphatic rings. The maximum atomic E-state index is 12.5. The molecule has 156 valence electrons. The second-order valence-electron chi connectivity index (χ2n) is 6.70. The third-order valence-electron chi connectivity index (χ3n) is 4.51. The SMILES string of the molecule is COc1ccc(-c2noc(CCC(=O)Nc3ccccc3Oc3ccccc3)n2)cc1. The van der Waals surface area contributed by atoms with Gasteiger partial charge in [0.15, 0.2) is 5.75 Å². The van der Waals surface area contributed by atoms with Crippen LogP contribution in [0.4, 0.5) is 5.69 Å². The number of hydrogen-bond acceptors (Lipinski definition) is 6. The van der Waals surface area contributed by atoms with Gasteiger partial charge in [0, 0.05) is 18.4 Å². The lowest BCUT2D eigenvalue weighted by atomic mass is 10.2. The van der Waals surface area contributed by atoms with Gasteiger partial charge in [-0.25, -0.2) is 0 Å². The molecule has 0 atom stereocenters. The van der Waals surface area contributed by atoms with Gasteiger partial charge in [0.2, 0.25) is 17.6 Å². The minimum Gasteiger partial charge on any atom is -0.497 e. The van der Waals surface area contributed by atoms with E-state index < -0.39 is 0 Å². The van der Waals surface area contributed by atoms with Gasteiger partial charge in [-0.1, -0.05) is 35.5 Å². The largest absolute Gasteiger partial charge is 0.497 e. The predicted molar refractivity (Wildman–Crippen MR) is 116 cm³/mol. The Balaban J connectivity index is 1.35. The van der Waals surface area contributed by atoms with E-state index in [1.54, 1.807) is 13.2 Å². The van der Waals surface area contributed by atoms with Crippen LogP contribution in [0, 0.1) is 0 Å². The van der Waals surface area contributed by atoms with Gasteiger partial charge in [-0.15, -0.1) is 0 Å². The number of nitrogens with zero attached hydrogens (tertiary/aromatic N) is 2. The number of carbonyl (C=O) groups excluding carboxylic acids is 1. The molecule has 4 rings (SSSR count). The van der Waals surface area contributed by atoms with Crippen molar-refractivity contribution in [3.05, 3.63) is 84.8 Å². The van der Waals surface area contributed by atoms with Crippen LogP contribution in [-0.4, -0.2) is 23.2 Å². The number of methoxy groups -OCH3 is 1. The normalized spacial score (nSPS) is 10.5. The molecule has 7 nitrogen and oxygen atoms in total. The topological polar surface area (TPSA) is 86.5 Å². The summed E-state index contributed by atoms with van der Waals surface area (Å²) >= 11 is 0. The van der Waals surface area contributed by atoms with Crippen molar-refractivity contribution in [3.8, 4) is 28.6 Å². The molecule has 1 aromatic heterocycles. The Morgan fingerprint density at radius 2 is 1.68 bits per heavy atom. The van der Waals surface area contributed by atoms with E-state index in [4.69, 9.17) is 14.0 Å². The first kappa shape index (κ1) is 20.2. The van der Waals surface area contributed by atoms with E-state index in [1.807, 2.05) is 72.8 Å². The third-order valence-corrected chi connectivity index (χ3v) is 4.51. The van der Waals surface area contributed by atoms with E-state index >= 15 is 0 Å². The molecule has 0 saturated heterocycles. The number of anilines is 1. The molecule has 1 heterocycles. The Hall–Kier alpha value is -4.13. The number of aromatic nitrogens is 2. The monoisotopic (exact) mass is 415 g/mol. The predicted octanol–water partition coefficient (Wildman–Crippen LogP) is 5.11. The maximum absolute atomic E-state index is 12.5. The Labute approximate surface area is 179 Å². The number of ether oxygens (including phenoxy) is 2. The average Bonchev–Trinajstić information content (AvgIpc) is 3.29. The number of nitrogens with one attached hydrogen (secondary N) is 1. The van der Waals surface area contributed by atoms with Crippen molar-refractivity contribution in [2.24, 2.45) is 0 Å². The zero-order valence-corrected chi connectivity index (χ0v) is 16.9. The Morgan fingerprint density at radius 1 is 0.935 bits per heavy atom. The molecule has 1 N–H and O–H groups in total. The first-order chi connectivity index (χ1) is 15.2. The van der Waals surface area contributed by atoms with Crippen molar-refractivity contribution in [1.29, 1.82) is 0 Å². The van der Waals surface area contributed by atoms with Gasteiger partial charge < -0.3 is 19.3 Å². The van der Waals surface area contributed by atoms with Crippen LogP contribution in [0.2, 0.25) is 0 Å². The fourth-order valence-corrected chi connectivity index (χ4v) is 2.92. The number of hydrogen-bond donors (Lipinski definition) is 1. The molecule has 1 amide bonds. The summed E-state index contributed by atoms with van der Waals surface area (Å²) in [6.07, 6.45) is 0.528. The average molecular weight is 415 g/mol. The molecule has 0 unspecified atom stereocenters. The molecule has 0 saturated carbocycles. The number of amides is 1. The van der Waals surface area contributed by atoms with E-state index in [0.717, 1.165) is 11.3 Å². The molecular weight excluding hydrogens is 394 g/mol. The van der Waals surface area contributed by atoms with Gasteiger partial charge in [0.05, 0.1) is 12.8 Å². The highest BCUT2D eigenvalue weighted by molar-refractivity contribution is 5.92. The summed E-state index contributed by atoms with van der Waals surface area (Å²) < 4.78 is 16.3. The van der Waals surface area contributed by atoms with Crippen molar-refractivity contribution in [3.63, 3.8) is 0 Å². The van der Waals surface area contributed by atoms with E-state index in [0.29, 0.717) is 35.3 Å². The Bertz CT molecular complexity index is 1140. The Kier molecular flexibility index (Phi) is 6.23. The molecule has 0 spiro atoms. The fraction of sp³-hybridized carbons (Fsp3) is 0.125. The van der Waals surface area contributed by atoms with Gasteiger partial charge in [-0.3, -0.25) is 4.79 Å². The van der Waals surface area contributed by atoms with E-state index in [2.05, 4.69) is 15.5 Å². The van der Waals surface area contributed by atoms with Crippen LogP contribution >= 0.6 is 0 Å². The van der Waals surface area contributed by atoms with E-state index in [-0.39, 0.29) is 12.3 Å². The number of rotatable bonds is 8. The van der Waals surface area contributed by atoms with Crippen LogP contribution in [0.5, 0.6) is 17.2 Å². The van der Waals surface area contributed by atoms with Crippen molar-refractivity contribution in [2.75, 3.05) is 12.4 Å². The zero-order valence-electron chi connectivity index (χ0n) is 16.9. The summed E-state index contributed by atoms with van der Waals surface area (Å²) in [7, 11) is 1.61. The highest BCUT2D eigenvalue weighted by Gasteiger charge is 2.13. The summed E-state index contributed by atoms with van der Waals surface area (Å²) in [6, 6.07) is 24.1. The number of aryl methyl sites for hydroxylation is 1. The number of carbonyl (C=O) groups is 1. The van der Waals surface area contributed by atoms with Gasteiger partial charge in [0.1, 0.15) is 11.5 Å². The van der Waals surface area contributed by atoms with Crippen molar-refractivity contribution >= 4 is 11.6 Å². The zero-order chi connectivity index (χ0) is 21.5. The van der Waals surface area contributed by atoms with Crippen molar-refractivity contribution in [1.82, 2.24) is 10.1 Å². The van der Waals surface area contributed by atoms with Crippen LogP contribution in [0.15, 0.2) is 83.4 Å². The minimum absolute atomic E-state index is 0.173. The van der Waals surface area contributed by atoms with Crippen LogP contribution < -0.4 is 14.8 Å². The molecule has 7 heteroatoms. The molecule has 0 aliphatic carbocycles. The summed E-state index contributed by atoms with van der Waals surface area (Å²) in [5.41, 5.74) is 1.41. The van der Waals surface area contributed by atoms with E-state index in [9.17, 15) is 4.79 Å². The van der Waals surface area contributed by atoms with Gasteiger partial charge in [-0.2, -0.15) is 4.98 Å². The molecule has 0 aliphatic heterocycles. The standard InChI is InChI=1S/C24H21N3O4/c1-29-18-13-11-17(12-14-18)24-26-23(31-27-24)16-15-22(28)25-20-9-5-6-10-21(20)30-19-7-3-2-4-8-19/h2-14H,15-16H2,1H3,(H,25,28). The van der Waals surface area contributed by atoms with Gasteiger partial charge in [0.25, 0.3) is 0 Å². The third kappa shape index (κ3) is 5.27. The first-order valence-corrected chi connectivity index (χ1v) is 9.80. The smallest absolute Gasteiger partial charge is 0.227 e. The first-order valence-electron chi connectivity index (χ1n) is 9.80. The number of benzene rings is 3. The van der Waals surface area contributed by atoms with Crippen LogP contribution in [0.25, 0.3) is 11.4 Å². The van der Waals surface area contributed by atoms with Crippen LogP contribution in [0.3, 0.4) is 0 Å². The molecule has 3 aromatic carbocycles. The van der Waals surface area contributed by atoms with Crippen LogP contribution in [0.1, 0.15) is 12.3 Å². The minimum atomic E-state index is -0.173. The summed E-state index contributed by atoms with van der Waals surface area (Å²) in [4.78, 5) is 16.8. The molecule has 4 aromatic rings. The van der Waals surface area contributed by atoms with Crippen molar-refractivity contribution < 1.29 is 18.8 Å². The molecule has 0 bridgehead atoms. The van der Waals surface area contributed by atoms with Gasteiger partial charge in [-0.05, 0) is 48.5 Å². The lowest BCUT2D eigenvalue weighted by Crippen LogP contribution is -2.13. The quantitative estimate of drug-likeness (QED) is 0.430. The lowest BCUT2D eigenvalue weighted by Gasteiger charge is -2.11. The summed E-state index contributed by atoms with van der Waals surface area (Å²) in [5, 5.41) is 6.87. The summed E-state index contributed by atoms with van der Waals surface area (Å²) in [6.45, 7) is 0. The highest BCUT2D eigenvalue weighted by atomic mass is 16.5. The van der Waals surface area contributed by atoms with Gasteiger partial charge >= 0.3 is 0 Å². The molecule has 31 heavy (non-hydrogen) atoms. The molecular formula is C24H21N3O4. The highest BCUT2D eigenvalue weighted by Crippen LogP contribution is 2.29. The second kappa shape index (κ2) is 9.58.